The van der Waals surface area contributed by atoms with Gasteiger partial charge >= 0.3 is 0 Å². The number of halogens is 1. The number of hydrogen-bond acceptors (Lipinski definition) is 3. The van der Waals surface area contributed by atoms with Crippen LogP contribution in [0.15, 0.2) is 59.8 Å². The summed E-state index contributed by atoms with van der Waals surface area (Å²) >= 11 is 6.51. The number of benzene rings is 2. The maximum Gasteiger partial charge on any atom is 0.179 e. The van der Waals surface area contributed by atoms with Crippen molar-refractivity contribution < 1.29 is 4.79 Å². The number of rotatable bonds is 1. The third kappa shape index (κ3) is 2.93. The number of carbonyl (C=O) groups excluding carboxylic acids is 1. The van der Waals surface area contributed by atoms with Crippen LogP contribution < -0.4 is 10.6 Å². The molecule has 2 aromatic rings. The highest BCUT2D eigenvalue weighted by molar-refractivity contribution is 6.31. The summed E-state index contributed by atoms with van der Waals surface area (Å²) < 4.78 is 0. The monoisotopic (exact) mass is 352 g/mol. The lowest BCUT2D eigenvalue weighted by Gasteiger charge is -2.35. The van der Waals surface area contributed by atoms with Gasteiger partial charge in [0.15, 0.2) is 5.78 Å². The second-order valence-electron chi connectivity index (χ2n) is 7.61. The summed E-state index contributed by atoms with van der Waals surface area (Å²) in [6, 6.07) is 15.7. The maximum atomic E-state index is 12.9. The first kappa shape index (κ1) is 16.2. The van der Waals surface area contributed by atoms with E-state index >= 15 is 0 Å². The zero-order valence-electron chi connectivity index (χ0n) is 14.4. The number of hydrogen-bond donors (Lipinski definition) is 2. The Bertz CT molecular complexity index is 885. The van der Waals surface area contributed by atoms with Crippen molar-refractivity contribution in [2.24, 2.45) is 5.41 Å². The normalized spacial score (nSPS) is 21.6. The van der Waals surface area contributed by atoms with Crippen molar-refractivity contribution in [1.82, 2.24) is 0 Å². The maximum absolute atomic E-state index is 12.9. The van der Waals surface area contributed by atoms with E-state index in [2.05, 4.69) is 24.5 Å². The zero-order valence-corrected chi connectivity index (χ0v) is 15.2. The molecule has 0 fully saturated rings. The Kier molecular flexibility index (Phi) is 3.84. The standard InChI is InChI=1S/C21H21ClN2O/c1-21(2)11-14-19(13-7-3-4-8-15(13)22)23-16-9-5-6-10-17(16)24-20(14)18(25)12-21/h3-10,19,23-24H,11-12H2,1-2H3. The fourth-order valence-corrected chi connectivity index (χ4v) is 4.08. The minimum Gasteiger partial charge on any atom is -0.373 e. The molecule has 2 N–H and O–H groups in total. The van der Waals surface area contributed by atoms with E-state index in [1.165, 1.54) is 0 Å². The highest BCUT2D eigenvalue weighted by Crippen LogP contribution is 2.47. The molecule has 1 aliphatic carbocycles. The predicted molar refractivity (Wildman–Crippen MR) is 103 cm³/mol. The Morgan fingerprint density at radius 2 is 1.68 bits per heavy atom. The zero-order chi connectivity index (χ0) is 17.6. The van der Waals surface area contributed by atoms with Gasteiger partial charge in [-0.2, -0.15) is 0 Å². The number of carbonyl (C=O) groups is 1. The van der Waals surface area contributed by atoms with Crippen LogP contribution in [-0.2, 0) is 4.79 Å². The van der Waals surface area contributed by atoms with Crippen LogP contribution in [0.3, 0.4) is 0 Å². The predicted octanol–water partition coefficient (Wildman–Crippen LogP) is 5.56. The van der Waals surface area contributed by atoms with Crippen LogP contribution in [0.4, 0.5) is 11.4 Å². The fraction of sp³-hybridized carbons (Fsp3) is 0.286. The minimum absolute atomic E-state index is 0.0602. The van der Waals surface area contributed by atoms with E-state index in [4.69, 9.17) is 11.6 Å². The molecule has 0 bridgehead atoms. The second-order valence-corrected chi connectivity index (χ2v) is 8.02. The van der Waals surface area contributed by atoms with E-state index in [0.29, 0.717) is 11.4 Å². The van der Waals surface area contributed by atoms with E-state index in [1.807, 2.05) is 48.5 Å². The molecule has 4 heteroatoms. The third-order valence-corrected chi connectivity index (χ3v) is 5.30. The van der Waals surface area contributed by atoms with Gasteiger partial charge in [0.05, 0.1) is 23.1 Å². The average Bonchev–Trinajstić information content (AvgIpc) is 2.72. The molecule has 2 aliphatic rings. The Balaban J connectivity index is 1.92. The molecule has 0 amide bonds. The third-order valence-electron chi connectivity index (χ3n) is 4.96. The molecule has 0 saturated heterocycles. The first-order valence-electron chi connectivity index (χ1n) is 8.58. The van der Waals surface area contributed by atoms with E-state index in [9.17, 15) is 4.79 Å². The number of nitrogens with one attached hydrogen (secondary N) is 2. The number of allylic oxidation sites excluding steroid dienone is 1. The smallest absolute Gasteiger partial charge is 0.179 e. The number of ketones is 1. The molecule has 128 valence electrons. The molecule has 3 nitrogen and oxygen atoms in total. The highest BCUT2D eigenvalue weighted by atomic mass is 35.5. The fourth-order valence-electron chi connectivity index (χ4n) is 3.83. The molecule has 1 heterocycles. The molecule has 1 unspecified atom stereocenters. The molecule has 2 aromatic carbocycles. The van der Waals surface area contributed by atoms with Gasteiger partial charge in [-0.1, -0.05) is 55.8 Å². The molecule has 1 aliphatic heterocycles. The number of Topliss-reactive ketones (excluding diaryl/α,β-unsaturated/α-hetero) is 1. The van der Waals surface area contributed by atoms with Crippen LogP contribution in [0.5, 0.6) is 0 Å². The van der Waals surface area contributed by atoms with Gasteiger partial charge in [0.1, 0.15) is 0 Å². The van der Waals surface area contributed by atoms with Gasteiger partial charge in [0, 0.05) is 11.4 Å². The summed E-state index contributed by atoms with van der Waals surface area (Å²) in [5.41, 5.74) is 4.66. The van der Waals surface area contributed by atoms with E-state index < -0.39 is 0 Å². The van der Waals surface area contributed by atoms with Gasteiger partial charge < -0.3 is 10.6 Å². The van der Waals surface area contributed by atoms with Gasteiger partial charge in [-0.05, 0) is 41.2 Å². The van der Waals surface area contributed by atoms with Crippen molar-refractivity contribution in [3.8, 4) is 0 Å². The van der Waals surface area contributed by atoms with Crippen molar-refractivity contribution in [1.29, 1.82) is 0 Å². The second kappa shape index (κ2) is 5.92. The van der Waals surface area contributed by atoms with Crippen LogP contribution >= 0.6 is 11.6 Å². The lowest BCUT2D eigenvalue weighted by atomic mass is 9.73. The molecule has 0 saturated carbocycles. The van der Waals surface area contributed by atoms with Crippen LogP contribution in [0.2, 0.25) is 5.02 Å². The minimum atomic E-state index is -0.122. The Labute approximate surface area is 153 Å². The van der Waals surface area contributed by atoms with E-state index in [1.54, 1.807) is 0 Å². The summed E-state index contributed by atoms with van der Waals surface area (Å²) in [5.74, 6) is 0.168. The average molecular weight is 353 g/mol. The van der Waals surface area contributed by atoms with Crippen LogP contribution in [-0.4, -0.2) is 5.78 Å². The van der Waals surface area contributed by atoms with Gasteiger partial charge in [-0.25, -0.2) is 0 Å². The summed E-state index contributed by atoms with van der Waals surface area (Å²) in [7, 11) is 0. The lowest BCUT2D eigenvalue weighted by Crippen LogP contribution is -2.31. The van der Waals surface area contributed by atoms with Gasteiger partial charge in [-0.3, -0.25) is 4.79 Å². The van der Waals surface area contributed by atoms with Crippen molar-refractivity contribution >= 4 is 28.8 Å². The SMILES string of the molecule is CC1(C)CC(=O)C2=C(C1)C(c1ccccc1Cl)Nc1ccccc1N2. The van der Waals surface area contributed by atoms with Crippen molar-refractivity contribution in [3.05, 3.63) is 70.4 Å². The molecule has 0 spiro atoms. The van der Waals surface area contributed by atoms with Crippen molar-refractivity contribution in [2.45, 2.75) is 32.7 Å². The van der Waals surface area contributed by atoms with E-state index in [0.717, 1.165) is 34.6 Å². The topological polar surface area (TPSA) is 41.1 Å². The van der Waals surface area contributed by atoms with Crippen molar-refractivity contribution in [2.75, 3.05) is 10.6 Å². The Morgan fingerprint density at radius 3 is 2.44 bits per heavy atom. The molecular formula is C21H21ClN2O. The summed E-state index contributed by atoms with van der Waals surface area (Å²) in [5, 5.41) is 7.72. The summed E-state index contributed by atoms with van der Waals surface area (Å²) in [6.45, 7) is 4.30. The molecule has 1 atom stereocenters. The number of para-hydroxylation sites is 2. The molecule has 0 aromatic heterocycles. The van der Waals surface area contributed by atoms with Crippen LogP contribution in [0, 0.1) is 5.41 Å². The van der Waals surface area contributed by atoms with Crippen LogP contribution in [0.1, 0.15) is 38.3 Å². The Hall–Kier alpha value is -2.26. The largest absolute Gasteiger partial charge is 0.373 e. The quantitative estimate of drug-likeness (QED) is 0.705. The molecule has 25 heavy (non-hydrogen) atoms. The molecule has 0 radical (unpaired) electrons. The number of anilines is 2. The first-order chi connectivity index (χ1) is 11.9. The lowest BCUT2D eigenvalue weighted by molar-refractivity contribution is -0.118. The number of fused-ring (bicyclic) bond motifs is 1. The van der Waals surface area contributed by atoms with Gasteiger partial charge in [0.2, 0.25) is 0 Å². The molecular weight excluding hydrogens is 332 g/mol. The molecule has 4 rings (SSSR count). The Morgan fingerprint density at radius 1 is 1.00 bits per heavy atom. The summed E-state index contributed by atoms with van der Waals surface area (Å²) in [6.07, 6.45) is 1.40. The van der Waals surface area contributed by atoms with Crippen molar-refractivity contribution in [3.63, 3.8) is 0 Å². The van der Waals surface area contributed by atoms with Gasteiger partial charge in [0.25, 0.3) is 0 Å². The summed E-state index contributed by atoms with van der Waals surface area (Å²) in [4.78, 5) is 12.9. The van der Waals surface area contributed by atoms with Gasteiger partial charge in [-0.15, -0.1) is 0 Å². The van der Waals surface area contributed by atoms with E-state index in [-0.39, 0.29) is 17.2 Å². The van der Waals surface area contributed by atoms with Crippen LogP contribution in [0.25, 0.3) is 0 Å². The first-order valence-corrected chi connectivity index (χ1v) is 8.96. The highest BCUT2D eigenvalue weighted by Gasteiger charge is 2.38.